The molecule has 0 aromatic carbocycles. The van der Waals surface area contributed by atoms with Gasteiger partial charge in [0.1, 0.15) is 0 Å². The van der Waals surface area contributed by atoms with Gasteiger partial charge < -0.3 is 10.2 Å². The van der Waals surface area contributed by atoms with Crippen LogP contribution < -0.4 is 5.32 Å². The normalized spacial score (nSPS) is 26.4. The smallest absolute Gasteiger partial charge is 0.243 e. The molecular formula is C15H21N3O. The summed E-state index contributed by atoms with van der Waals surface area (Å²) in [6, 6.07) is 6.31. The Morgan fingerprint density at radius 1 is 1.53 bits per heavy atom. The molecule has 2 aliphatic rings. The number of aromatic nitrogens is 1. The summed E-state index contributed by atoms with van der Waals surface area (Å²) in [5.41, 5.74) is 0.613. The molecule has 0 bridgehead atoms. The molecule has 1 aliphatic carbocycles. The average molecular weight is 259 g/mol. The molecule has 1 N–H and O–H groups in total. The molecule has 2 fully saturated rings. The molecule has 1 aliphatic heterocycles. The average Bonchev–Trinajstić information content (AvgIpc) is 3.18. The Bertz CT molecular complexity index is 450. The lowest BCUT2D eigenvalue weighted by Crippen LogP contribution is -2.53. The van der Waals surface area contributed by atoms with E-state index < -0.39 is 0 Å². The molecular weight excluding hydrogens is 238 g/mol. The maximum absolute atomic E-state index is 12.8. The van der Waals surface area contributed by atoms with Crippen LogP contribution in [0.25, 0.3) is 0 Å². The van der Waals surface area contributed by atoms with Gasteiger partial charge in [-0.25, -0.2) is 0 Å². The standard InChI is InChI=1S/C15H21N3O/c1-15(8-4-10-17-15)14(19)18(13-6-7-13)11-12-5-2-3-9-16-12/h2-3,5,9,13,17H,4,6-8,10-11H2,1H3. The maximum Gasteiger partial charge on any atom is 0.243 e. The van der Waals surface area contributed by atoms with E-state index >= 15 is 0 Å². The zero-order valence-corrected chi connectivity index (χ0v) is 11.4. The SMILES string of the molecule is CC1(C(=O)N(Cc2ccccn2)C2CC2)CCCN1. The molecule has 0 radical (unpaired) electrons. The Morgan fingerprint density at radius 2 is 2.37 bits per heavy atom. The minimum Gasteiger partial charge on any atom is -0.332 e. The molecule has 3 rings (SSSR count). The molecule has 4 heteroatoms. The van der Waals surface area contributed by atoms with E-state index in [4.69, 9.17) is 0 Å². The topological polar surface area (TPSA) is 45.2 Å². The Morgan fingerprint density at radius 3 is 2.95 bits per heavy atom. The van der Waals surface area contributed by atoms with Crippen LogP contribution in [0.15, 0.2) is 24.4 Å². The van der Waals surface area contributed by atoms with E-state index in [2.05, 4.69) is 10.3 Å². The fraction of sp³-hybridized carbons (Fsp3) is 0.600. The van der Waals surface area contributed by atoms with Crippen molar-refractivity contribution in [2.24, 2.45) is 0 Å². The second-order valence-electron chi connectivity index (χ2n) is 5.85. The first-order valence-corrected chi connectivity index (χ1v) is 7.15. The van der Waals surface area contributed by atoms with Gasteiger partial charge in [0.05, 0.1) is 17.8 Å². The molecule has 1 aromatic rings. The van der Waals surface area contributed by atoms with Crippen molar-refractivity contribution >= 4 is 5.91 Å². The first-order chi connectivity index (χ1) is 9.19. The lowest BCUT2D eigenvalue weighted by Gasteiger charge is -2.32. The summed E-state index contributed by atoms with van der Waals surface area (Å²) in [4.78, 5) is 19.2. The number of carbonyl (C=O) groups is 1. The van der Waals surface area contributed by atoms with Gasteiger partial charge >= 0.3 is 0 Å². The first kappa shape index (κ1) is 12.6. The molecule has 1 aromatic heterocycles. The highest BCUT2D eigenvalue weighted by molar-refractivity contribution is 5.86. The minimum atomic E-state index is -0.364. The quantitative estimate of drug-likeness (QED) is 0.895. The number of pyridine rings is 1. The summed E-state index contributed by atoms with van der Waals surface area (Å²) in [7, 11) is 0. The molecule has 4 nitrogen and oxygen atoms in total. The Balaban J connectivity index is 1.76. The first-order valence-electron chi connectivity index (χ1n) is 7.15. The molecule has 102 valence electrons. The lowest BCUT2D eigenvalue weighted by atomic mass is 9.98. The van der Waals surface area contributed by atoms with Gasteiger partial charge in [-0.2, -0.15) is 0 Å². The van der Waals surface area contributed by atoms with E-state index in [9.17, 15) is 4.79 Å². The van der Waals surface area contributed by atoms with Crippen molar-refractivity contribution in [3.05, 3.63) is 30.1 Å². The van der Waals surface area contributed by atoms with Crippen LogP contribution in [-0.4, -0.2) is 33.9 Å². The lowest BCUT2D eigenvalue weighted by molar-refractivity contribution is -0.138. The van der Waals surface area contributed by atoms with Crippen LogP contribution in [0.4, 0.5) is 0 Å². The predicted molar refractivity (Wildman–Crippen MR) is 73.5 cm³/mol. The van der Waals surface area contributed by atoms with Crippen molar-refractivity contribution in [1.29, 1.82) is 0 Å². The molecule has 19 heavy (non-hydrogen) atoms. The van der Waals surface area contributed by atoms with Crippen LogP contribution in [0.1, 0.15) is 38.3 Å². The van der Waals surface area contributed by atoms with Crippen molar-refractivity contribution in [3.63, 3.8) is 0 Å². The largest absolute Gasteiger partial charge is 0.332 e. The molecule has 2 heterocycles. The van der Waals surface area contributed by atoms with E-state index in [0.29, 0.717) is 12.6 Å². The highest BCUT2D eigenvalue weighted by Crippen LogP contribution is 2.32. The van der Waals surface area contributed by atoms with Gasteiger partial charge in [-0.1, -0.05) is 6.07 Å². The summed E-state index contributed by atoms with van der Waals surface area (Å²) in [6.07, 6.45) is 6.09. The number of carbonyl (C=O) groups excluding carboxylic acids is 1. The second kappa shape index (κ2) is 4.93. The van der Waals surface area contributed by atoms with Crippen LogP contribution in [0.2, 0.25) is 0 Å². The number of rotatable bonds is 4. The number of amides is 1. The number of nitrogens with zero attached hydrogens (tertiary/aromatic N) is 2. The minimum absolute atomic E-state index is 0.248. The fourth-order valence-corrected chi connectivity index (χ4v) is 2.81. The Kier molecular flexibility index (Phi) is 3.27. The van der Waals surface area contributed by atoms with E-state index in [-0.39, 0.29) is 11.4 Å². The van der Waals surface area contributed by atoms with Crippen LogP contribution >= 0.6 is 0 Å². The van der Waals surface area contributed by atoms with Crippen molar-refractivity contribution in [2.75, 3.05) is 6.54 Å². The highest BCUT2D eigenvalue weighted by atomic mass is 16.2. The van der Waals surface area contributed by atoms with Crippen molar-refractivity contribution in [1.82, 2.24) is 15.2 Å². The number of nitrogens with one attached hydrogen (secondary N) is 1. The number of hydrogen-bond donors (Lipinski definition) is 1. The molecule has 1 unspecified atom stereocenters. The zero-order chi connectivity index (χ0) is 13.3. The molecule has 1 saturated heterocycles. The van der Waals surface area contributed by atoms with E-state index in [0.717, 1.165) is 37.9 Å². The maximum atomic E-state index is 12.8. The summed E-state index contributed by atoms with van der Waals surface area (Å²) >= 11 is 0. The van der Waals surface area contributed by atoms with E-state index in [1.165, 1.54) is 0 Å². The molecule has 1 atom stereocenters. The Labute approximate surface area is 114 Å². The molecule has 1 amide bonds. The van der Waals surface area contributed by atoms with Crippen molar-refractivity contribution < 1.29 is 4.79 Å². The van der Waals surface area contributed by atoms with Gasteiger partial charge in [-0.3, -0.25) is 9.78 Å². The summed E-state index contributed by atoms with van der Waals surface area (Å²) in [5.74, 6) is 0.248. The molecule has 0 spiro atoms. The fourth-order valence-electron chi connectivity index (χ4n) is 2.81. The third-order valence-corrected chi connectivity index (χ3v) is 4.15. The van der Waals surface area contributed by atoms with Crippen molar-refractivity contribution in [3.8, 4) is 0 Å². The van der Waals surface area contributed by atoms with Gasteiger partial charge in [0.2, 0.25) is 5.91 Å². The van der Waals surface area contributed by atoms with Gasteiger partial charge in [0.25, 0.3) is 0 Å². The zero-order valence-electron chi connectivity index (χ0n) is 11.4. The van der Waals surface area contributed by atoms with Gasteiger partial charge in [0, 0.05) is 12.2 Å². The van der Waals surface area contributed by atoms with E-state index in [1.54, 1.807) is 6.20 Å². The summed E-state index contributed by atoms with van der Waals surface area (Å²) < 4.78 is 0. The Hall–Kier alpha value is -1.42. The van der Waals surface area contributed by atoms with E-state index in [1.807, 2.05) is 30.0 Å². The van der Waals surface area contributed by atoms with Crippen LogP contribution in [-0.2, 0) is 11.3 Å². The predicted octanol–water partition coefficient (Wildman–Crippen LogP) is 1.71. The van der Waals surface area contributed by atoms with Crippen LogP contribution in [0.5, 0.6) is 0 Å². The second-order valence-corrected chi connectivity index (χ2v) is 5.85. The number of hydrogen-bond acceptors (Lipinski definition) is 3. The van der Waals surface area contributed by atoms with Crippen LogP contribution in [0.3, 0.4) is 0 Å². The molecule has 1 saturated carbocycles. The third-order valence-electron chi connectivity index (χ3n) is 4.15. The van der Waals surface area contributed by atoms with Crippen molar-refractivity contribution in [2.45, 2.75) is 50.7 Å². The summed E-state index contributed by atoms with van der Waals surface area (Å²) in [5, 5.41) is 3.37. The summed E-state index contributed by atoms with van der Waals surface area (Å²) in [6.45, 7) is 3.63. The van der Waals surface area contributed by atoms with Gasteiger partial charge in [-0.15, -0.1) is 0 Å². The monoisotopic (exact) mass is 259 g/mol. The van der Waals surface area contributed by atoms with Gasteiger partial charge in [-0.05, 0) is 51.3 Å². The van der Waals surface area contributed by atoms with Crippen LogP contribution in [0, 0.1) is 0 Å². The highest BCUT2D eigenvalue weighted by Gasteiger charge is 2.43. The third kappa shape index (κ3) is 2.63. The van der Waals surface area contributed by atoms with Gasteiger partial charge in [0.15, 0.2) is 0 Å².